The number of ether oxygens (including phenoxy) is 1. The molecule has 0 spiro atoms. The van der Waals surface area contributed by atoms with Gasteiger partial charge in [-0.05, 0) is 60.4 Å². The average molecular weight is 374 g/mol. The van der Waals surface area contributed by atoms with Crippen LogP contribution in [0.15, 0.2) is 36.4 Å². The van der Waals surface area contributed by atoms with Crippen molar-refractivity contribution < 1.29 is 22.3 Å². The van der Waals surface area contributed by atoms with E-state index in [1.807, 2.05) is 12.2 Å². The van der Waals surface area contributed by atoms with Crippen LogP contribution in [-0.4, -0.2) is 7.11 Å². The fourth-order valence-electron chi connectivity index (χ4n) is 4.23. The van der Waals surface area contributed by atoms with Gasteiger partial charge in [-0.3, -0.25) is 0 Å². The number of hydrogen-bond acceptors (Lipinski definition) is 1. The first-order valence-electron chi connectivity index (χ1n) is 8.81. The lowest BCUT2D eigenvalue weighted by molar-refractivity contribution is 0.371. The Morgan fingerprint density at radius 3 is 1.81 bits per heavy atom. The minimum atomic E-state index is -1.02. The normalized spacial score (nSPS) is 21.1. The van der Waals surface area contributed by atoms with Crippen LogP contribution in [-0.2, 0) is 0 Å². The summed E-state index contributed by atoms with van der Waals surface area (Å²) in [5.41, 5.74) is 2.15. The Morgan fingerprint density at radius 1 is 0.741 bits per heavy atom. The number of allylic oxidation sites excluding steroid dienone is 4. The molecule has 0 amide bonds. The van der Waals surface area contributed by atoms with Crippen LogP contribution in [0.25, 0.3) is 11.1 Å². The Hall–Kier alpha value is -2.56. The molecule has 2 aliphatic rings. The Kier molecular flexibility index (Phi) is 4.33. The molecule has 2 aliphatic carbocycles. The Labute approximate surface area is 155 Å². The van der Waals surface area contributed by atoms with Gasteiger partial charge in [-0.15, -0.1) is 0 Å². The van der Waals surface area contributed by atoms with Gasteiger partial charge >= 0.3 is 0 Å². The van der Waals surface area contributed by atoms with Crippen molar-refractivity contribution in [1.82, 2.24) is 0 Å². The number of benzene rings is 2. The van der Waals surface area contributed by atoms with E-state index in [-0.39, 0.29) is 34.3 Å². The summed E-state index contributed by atoms with van der Waals surface area (Å²) in [4.78, 5) is 0. The van der Waals surface area contributed by atoms with Crippen molar-refractivity contribution in [3.05, 3.63) is 76.4 Å². The minimum Gasteiger partial charge on any atom is -0.494 e. The first-order valence-corrected chi connectivity index (χ1v) is 8.81. The van der Waals surface area contributed by atoms with Gasteiger partial charge in [0.2, 0.25) is 5.82 Å². The third-order valence-electron chi connectivity index (χ3n) is 5.63. The second-order valence-electron chi connectivity index (χ2n) is 7.00. The minimum absolute atomic E-state index is 0.0684. The van der Waals surface area contributed by atoms with E-state index in [1.54, 1.807) is 12.1 Å². The second-order valence-corrected chi connectivity index (χ2v) is 7.00. The number of hydrogen-bond donors (Lipinski definition) is 0. The molecular weight excluding hydrogens is 356 g/mol. The zero-order valence-electron chi connectivity index (χ0n) is 15.0. The summed E-state index contributed by atoms with van der Waals surface area (Å²) in [5.74, 6) is -3.94. The van der Waals surface area contributed by atoms with Crippen LogP contribution in [0.1, 0.15) is 29.5 Å². The van der Waals surface area contributed by atoms with E-state index in [9.17, 15) is 17.6 Å². The number of fused-ring (bicyclic) bond motifs is 1. The Morgan fingerprint density at radius 2 is 1.26 bits per heavy atom. The van der Waals surface area contributed by atoms with E-state index in [0.29, 0.717) is 18.4 Å². The highest BCUT2D eigenvalue weighted by Gasteiger charge is 2.39. The van der Waals surface area contributed by atoms with Crippen LogP contribution >= 0.6 is 0 Å². The van der Waals surface area contributed by atoms with Crippen LogP contribution in [0.2, 0.25) is 0 Å². The number of rotatable bonds is 3. The number of halogens is 4. The largest absolute Gasteiger partial charge is 0.494 e. The van der Waals surface area contributed by atoms with Crippen molar-refractivity contribution in [2.75, 3.05) is 7.11 Å². The molecule has 1 nitrogen and oxygen atoms in total. The highest BCUT2D eigenvalue weighted by atomic mass is 19.2. The summed E-state index contributed by atoms with van der Waals surface area (Å²) in [6, 6.07) is 6.06. The molecule has 0 saturated heterocycles. The van der Waals surface area contributed by atoms with Gasteiger partial charge in [-0.2, -0.15) is 4.39 Å². The van der Waals surface area contributed by atoms with E-state index in [4.69, 9.17) is 4.74 Å². The lowest BCUT2D eigenvalue weighted by Crippen LogP contribution is -2.09. The summed E-state index contributed by atoms with van der Waals surface area (Å²) in [6.45, 7) is 1.52. The van der Waals surface area contributed by atoms with Gasteiger partial charge in [-0.25, -0.2) is 13.2 Å². The molecule has 0 N–H and O–H groups in total. The zero-order valence-corrected chi connectivity index (χ0v) is 15.0. The maximum absolute atomic E-state index is 14.5. The molecule has 5 heteroatoms. The summed E-state index contributed by atoms with van der Waals surface area (Å²) in [7, 11) is 1.28. The predicted octanol–water partition coefficient (Wildman–Crippen LogP) is 6.07. The molecule has 4 rings (SSSR count). The molecule has 2 unspecified atom stereocenters. The van der Waals surface area contributed by atoms with Crippen molar-refractivity contribution >= 4 is 11.1 Å². The number of aryl methyl sites for hydroxylation is 1. The van der Waals surface area contributed by atoms with Crippen LogP contribution < -0.4 is 4.74 Å². The van der Waals surface area contributed by atoms with Crippen LogP contribution in [0.3, 0.4) is 0 Å². The van der Waals surface area contributed by atoms with E-state index < -0.39 is 23.3 Å². The molecule has 0 aliphatic heterocycles. The van der Waals surface area contributed by atoms with Crippen molar-refractivity contribution in [2.24, 2.45) is 11.8 Å². The Bertz CT molecular complexity index is 990. The highest BCUT2D eigenvalue weighted by molar-refractivity contribution is 5.80. The third kappa shape index (κ3) is 2.68. The van der Waals surface area contributed by atoms with Crippen molar-refractivity contribution in [3.8, 4) is 5.75 Å². The van der Waals surface area contributed by atoms with Gasteiger partial charge in [0, 0.05) is 11.1 Å². The molecule has 0 radical (unpaired) electrons. The molecule has 2 aromatic carbocycles. The van der Waals surface area contributed by atoms with Crippen LogP contribution in [0.4, 0.5) is 17.6 Å². The predicted molar refractivity (Wildman–Crippen MR) is 96.2 cm³/mol. The van der Waals surface area contributed by atoms with Gasteiger partial charge in [0.05, 0.1) is 7.11 Å². The molecule has 2 atom stereocenters. The first-order chi connectivity index (χ1) is 12.9. The molecule has 0 saturated carbocycles. The first kappa shape index (κ1) is 17.8. The van der Waals surface area contributed by atoms with Crippen molar-refractivity contribution in [3.63, 3.8) is 0 Å². The lowest BCUT2D eigenvalue weighted by Gasteiger charge is -2.19. The summed E-state index contributed by atoms with van der Waals surface area (Å²) in [5, 5.41) is 0. The molecule has 140 valence electrons. The summed E-state index contributed by atoms with van der Waals surface area (Å²) >= 11 is 0. The van der Waals surface area contributed by atoms with E-state index in [0.717, 1.165) is 5.57 Å². The summed E-state index contributed by atoms with van der Waals surface area (Å²) < 4.78 is 61.9. The summed E-state index contributed by atoms with van der Waals surface area (Å²) in [6.07, 6.45) is 4.91. The maximum atomic E-state index is 14.5. The van der Waals surface area contributed by atoms with E-state index in [2.05, 4.69) is 0 Å². The standard InChI is InChI=1S/C22H18F4O/c1-11-3-4-16(20(24)19(11)23)14-7-5-13-12(14)6-8-15(13)17-9-10-18(27-2)22(26)21(17)25/h3-4,7-10,12-13H,5-6H2,1-2H3. The quantitative estimate of drug-likeness (QED) is 0.593. The third-order valence-corrected chi connectivity index (χ3v) is 5.63. The molecule has 0 heterocycles. The topological polar surface area (TPSA) is 9.23 Å². The average Bonchev–Trinajstić information content (AvgIpc) is 3.25. The zero-order chi connectivity index (χ0) is 19.3. The molecule has 0 fully saturated rings. The van der Waals surface area contributed by atoms with Gasteiger partial charge in [0.15, 0.2) is 23.2 Å². The maximum Gasteiger partial charge on any atom is 0.201 e. The highest BCUT2D eigenvalue weighted by Crippen LogP contribution is 2.52. The lowest BCUT2D eigenvalue weighted by atomic mass is 9.85. The van der Waals surface area contributed by atoms with Gasteiger partial charge in [-0.1, -0.05) is 24.3 Å². The van der Waals surface area contributed by atoms with Crippen LogP contribution in [0.5, 0.6) is 5.75 Å². The smallest absolute Gasteiger partial charge is 0.201 e. The van der Waals surface area contributed by atoms with Crippen molar-refractivity contribution in [1.29, 1.82) is 0 Å². The SMILES string of the molecule is COc1ccc(C2=CCC3C(c4ccc(C)c(F)c4F)=CCC23)c(F)c1F. The van der Waals surface area contributed by atoms with Gasteiger partial charge < -0.3 is 4.74 Å². The molecular formula is C22H18F4O. The van der Waals surface area contributed by atoms with Crippen molar-refractivity contribution in [2.45, 2.75) is 19.8 Å². The molecule has 27 heavy (non-hydrogen) atoms. The van der Waals surface area contributed by atoms with Gasteiger partial charge in [0.1, 0.15) is 0 Å². The molecule has 2 aromatic rings. The van der Waals surface area contributed by atoms with E-state index >= 15 is 0 Å². The molecule has 0 bridgehead atoms. The molecule has 0 aromatic heterocycles. The van der Waals surface area contributed by atoms with Crippen LogP contribution in [0, 0.1) is 42.0 Å². The fourth-order valence-corrected chi connectivity index (χ4v) is 4.23. The second kappa shape index (κ2) is 6.55. The Balaban J connectivity index is 1.66. The number of methoxy groups -OCH3 is 1. The monoisotopic (exact) mass is 374 g/mol. The fraction of sp³-hybridized carbons (Fsp3) is 0.273. The van der Waals surface area contributed by atoms with E-state index in [1.165, 1.54) is 26.2 Å². The van der Waals surface area contributed by atoms with Gasteiger partial charge in [0.25, 0.3) is 0 Å².